The number of para-hydroxylation sites is 1. The molecule has 1 aliphatic rings. The summed E-state index contributed by atoms with van der Waals surface area (Å²) < 4.78 is 18.4. The minimum Gasteiger partial charge on any atom is -0.507 e. The zero-order valence-electron chi connectivity index (χ0n) is 18.5. The van der Waals surface area contributed by atoms with Gasteiger partial charge in [0.05, 0.1) is 19.3 Å². The maximum absolute atomic E-state index is 13.2. The molecule has 0 aromatic heterocycles. The van der Waals surface area contributed by atoms with Gasteiger partial charge in [0.25, 0.3) is 0 Å². The third kappa shape index (κ3) is 5.01. The Morgan fingerprint density at radius 3 is 2.48 bits per heavy atom. The van der Waals surface area contributed by atoms with Gasteiger partial charge in [-0.05, 0) is 60.7 Å². The van der Waals surface area contributed by atoms with E-state index < -0.39 is 6.10 Å². The summed E-state index contributed by atoms with van der Waals surface area (Å²) in [5, 5.41) is 21.2. The minimum atomic E-state index is -0.694. The molecular weight excluding hydrogens is 421 g/mol. The average Bonchev–Trinajstić information content (AvgIpc) is 3.15. The molecule has 5 nitrogen and oxygen atoms in total. The van der Waals surface area contributed by atoms with Crippen molar-refractivity contribution >= 4 is 11.6 Å². The average molecular weight is 450 g/mol. The first-order valence-corrected chi connectivity index (χ1v) is 11.2. The quantitative estimate of drug-likeness (QED) is 0.474. The van der Waals surface area contributed by atoms with Crippen LogP contribution in [0.3, 0.4) is 0 Å². The number of halogens is 1. The van der Waals surface area contributed by atoms with E-state index >= 15 is 0 Å². The number of hydrogen-bond donors (Lipinski definition) is 2. The van der Waals surface area contributed by atoms with Crippen molar-refractivity contribution in [3.8, 4) is 11.5 Å². The number of carbonyl (C=O) groups is 1. The lowest BCUT2D eigenvalue weighted by Gasteiger charge is -2.29. The Labute approximate surface area is 193 Å². The lowest BCUT2D eigenvalue weighted by atomic mass is 9.88. The highest BCUT2D eigenvalue weighted by molar-refractivity contribution is 5.97. The van der Waals surface area contributed by atoms with Crippen molar-refractivity contribution in [2.24, 2.45) is 5.92 Å². The summed E-state index contributed by atoms with van der Waals surface area (Å²) in [6.45, 7) is 0. The zero-order chi connectivity index (χ0) is 23.4. The second-order valence-electron chi connectivity index (χ2n) is 8.43. The maximum atomic E-state index is 13.2. The van der Waals surface area contributed by atoms with Crippen LogP contribution >= 0.6 is 0 Å². The Morgan fingerprint density at radius 1 is 1.09 bits per heavy atom. The van der Waals surface area contributed by atoms with Crippen molar-refractivity contribution in [1.82, 2.24) is 0 Å². The molecule has 33 heavy (non-hydrogen) atoms. The number of anilines is 1. The highest BCUT2D eigenvalue weighted by atomic mass is 19.1. The molecule has 3 aromatic carbocycles. The minimum absolute atomic E-state index is 0.00509. The first-order valence-electron chi connectivity index (χ1n) is 11.2. The van der Waals surface area contributed by atoms with Crippen LogP contribution in [0.25, 0.3) is 0 Å². The summed E-state index contributed by atoms with van der Waals surface area (Å²) in [6.07, 6.45) is 1.55. The van der Waals surface area contributed by atoms with Crippen LogP contribution in [0.2, 0.25) is 0 Å². The molecule has 6 heteroatoms. The van der Waals surface area contributed by atoms with Crippen molar-refractivity contribution in [3.63, 3.8) is 0 Å². The number of carbonyl (C=O) groups excluding carboxylic acids is 1. The van der Waals surface area contributed by atoms with Gasteiger partial charge in [-0.15, -0.1) is 0 Å². The lowest BCUT2D eigenvalue weighted by molar-refractivity contribution is -0.117. The Hall–Kier alpha value is -3.38. The molecule has 3 aromatic rings. The summed E-state index contributed by atoms with van der Waals surface area (Å²) in [5.74, 6) is 0.276. The van der Waals surface area contributed by atoms with Gasteiger partial charge in [-0.3, -0.25) is 4.79 Å². The summed E-state index contributed by atoms with van der Waals surface area (Å²) in [5.41, 5.74) is 2.14. The van der Waals surface area contributed by atoms with Gasteiger partial charge in [0.2, 0.25) is 5.91 Å². The number of ether oxygens (including phenoxy) is 1. The Bertz CT molecular complexity index is 1090. The third-order valence-corrected chi connectivity index (χ3v) is 6.33. The molecule has 1 fully saturated rings. The molecule has 172 valence electrons. The maximum Gasteiger partial charge on any atom is 0.227 e. The Balaban J connectivity index is 1.55. The number of phenols is 1. The van der Waals surface area contributed by atoms with E-state index in [0.717, 1.165) is 5.69 Å². The highest BCUT2D eigenvalue weighted by Gasteiger charge is 2.42. The number of methoxy groups -OCH3 is 1. The van der Waals surface area contributed by atoms with Crippen molar-refractivity contribution < 1.29 is 24.1 Å². The van der Waals surface area contributed by atoms with Gasteiger partial charge >= 0.3 is 0 Å². The number of benzene rings is 3. The molecule has 0 aliphatic carbocycles. The van der Waals surface area contributed by atoms with Crippen LogP contribution < -0.4 is 9.64 Å². The summed E-state index contributed by atoms with van der Waals surface area (Å²) in [7, 11) is 1.54. The third-order valence-electron chi connectivity index (χ3n) is 6.33. The summed E-state index contributed by atoms with van der Waals surface area (Å²) in [4.78, 5) is 14.9. The van der Waals surface area contributed by atoms with Gasteiger partial charge in [0.15, 0.2) is 0 Å². The van der Waals surface area contributed by atoms with E-state index in [4.69, 9.17) is 4.74 Å². The van der Waals surface area contributed by atoms with Crippen LogP contribution in [0.15, 0.2) is 72.8 Å². The first-order chi connectivity index (χ1) is 16.0. The molecule has 0 spiro atoms. The molecule has 1 amide bonds. The van der Waals surface area contributed by atoms with E-state index in [-0.39, 0.29) is 29.4 Å². The van der Waals surface area contributed by atoms with Crippen LogP contribution in [-0.4, -0.2) is 23.2 Å². The fourth-order valence-corrected chi connectivity index (χ4v) is 4.67. The van der Waals surface area contributed by atoms with Gasteiger partial charge in [-0.1, -0.05) is 36.8 Å². The van der Waals surface area contributed by atoms with Gasteiger partial charge in [0, 0.05) is 23.7 Å². The van der Waals surface area contributed by atoms with Crippen LogP contribution in [-0.2, 0) is 4.79 Å². The lowest BCUT2D eigenvalue weighted by Crippen LogP contribution is -2.28. The molecule has 1 heterocycles. The predicted molar refractivity (Wildman–Crippen MR) is 125 cm³/mol. The van der Waals surface area contributed by atoms with E-state index in [9.17, 15) is 19.4 Å². The zero-order valence-corrected chi connectivity index (χ0v) is 18.5. The highest BCUT2D eigenvalue weighted by Crippen LogP contribution is 2.46. The van der Waals surface area contributed by atoms with Gasteiger partial charge in [-0.2, -0.15) is 0 Å². The number of hydrogen-bond acceptors (Lipinski definition) is 4. The SMILES string of the molecule is COc1ccc([C@@H]2[C@@H](CCCC(O)c3ccc(F)cc3)CC(=O)N2c2ccccc2)c(O)c1. The summed E-state index contributed by atoms with van der Waals surface area (Å²) in [6, 6.07) is 20.2. The van der Waals surface area contributed by atoms with Crippen molar-refractivity contribution in [1.29, 1.82) is 0 Å². The van der Waals surface area contributed by atoms with Crippen molar-refractivity contribution in [3.05, 3.63) is 89.7 Å². The standard InChI is InChI=1S/C27H28FNO4/c1-33-22-14-15-23(25(31)17-22)27-19(16-26(32)29(27)21-7-3-2-4-8-21)6-5-9-24(30)18-10-12-20(28)13-11-18/h2-4,7-8,10-15,17,19,24,27,30-31H,5-6,9,16H2,1H3/t19-,24?,27-/m0/s1. The molecule has 1 unspecified atom stereocenters. The predicted octanol–water partition coefficient (Wildman–Crippen LogP) is 5.54. The second-order valence-corrected chi connectivity index (χ2v) is 8.43. The largest absolute Gasteiger partial charge is 0.507 e. The number of aromatic hydroxyl groups is 1. The normalized spacial score (nSPS) is 19.0. The number of rotatable bonds is 8. The van der Waals surface area contributed by atoms with Gasteiger partial charge in [-0.25, -0.2) is 4.39 Å². The molecule has 1 saturated heterocycles. The number of aliphatic hydroxyl groups excluding tert-OH is 1. The van der Waals surface area contributed by atoms with E-state index in [2.05, 4.69) is 0 Å². The second kappa shape index (κ2) is 10.0. The number of aliphatic hydroxyl groups is 1. The molecule has 4 rings (SSSR count). The molecule has 3 atom stereocenters. The number of amides is 1. The van der Waals surface area contributed by atoms with E-state index in [1.807, 2.05) is 36.4 Å². The molecule has 0 radical (unpaired) electrons. The molecule has 0 bridgehead atoms. The van der Waals surface area contributed by atoms with Gasteiger partial charge in [0.1, 0.15) is 17.3 Å². The van der Waals surface area contributed by atoms with Crippen molar-refractivity contribution in [2.45, 2.75) is 37.8 Å². The van der Waals surface area contributed by atoms with Crippen LogP contribution in [0.1, 0.15) is 49.0 Å². The molecule has 2 N–H and O–H groups in total. The van der Waals surface area contributed by atoms with Crippen LogP contribution in [0.5, 0.6) is 11.5 Å². The van der Waals surface area contributed by atoms with E-state index in [1.165, 1.54) is 12.1 Å². The first kappa shape index (κ1) is 22.8. The molecule has 1 aliphatic heterocycles. The van der Waals surface area contributed by atoms with Crippen molar-refractivity contribution in [2.75, 3.05) is 12.0 Å². The van der Waals surface area contributed by atoms with E-state index in [0.29, 0.717) is 42.6 Å². The fraction of sp³-hybridized carbons (Fsp3) is 0.296. The topological polar surface area (TPSA) is 70.0 Å². The Kier molecular flexibility index (Phi) is 6.94. The number of phenolic OH excluding ortho intramolecular Hbond substituents is 1. The van der Waals surface area contributed by atoms with Crippen LogP contribution in [0.4, 0.5) is 10.1 Å². The number of nitrogens with zero attached hydrogens (tertiary/aromatic N) is 1. The smallest absolute Gasteiger partial charge is 0.227 e. The Morgan fingerprint density at radius 2 is 1.82 bits per heavy atom. The molecule has 0 saturated carbocycles. The van der Waals surface area contributed by atoms with Crippen LogP contribution in [0, 0.1) is 11.7 Å². The monoisotopic (exact) mass is 449 g/mol. The fourth-order valence-electron chi connectivity index (χ4n) is 4.67. The summed E-state index contributed by atoms with van der Waals surface area (Å²) >= 11 is 0. The molecular formula is C27H28FNO4. The van der Waals surface area contributed by atoms with Gasteiger partial charge < -0.3 is 19.8 Å². The van der Waals surface area contributed by atoms with E-state index in [1.54, 1.807) is 36.3 Å².